The number of amides is 1. The lowest BCUT2D eigenvalue weighted by Gasteiger charge is -2.07. The second-order valence-electron chi connectivity index (χ2n) is 6.89. The Bertz CT molecular complexity index is 1220. The number of aromatic nitrogens is 2. The van der Waals surface area contributed by atoms with Crippen LogP contribution < -0.4 is 10.1 Å². The predicted octanol–water partition coefficient (Wildman–Crippen LogP) is 6.01. The van der Waals surface area contributed by atoms with Crippen molar-refractivity contribution in [3.8, 4) is 28.3 Å². The van der Waals surface area contributed by atoms with Crippen LogP contribution in [0.2, 0.25) is 5.02 Å². The maximum atomic E-state index is 12.4. The van der Waals surface area contributed by atoms with E-state index in [1.165, 1.54) is 11.3 Å². The molecule has 4 rings (SSSR count). The van der Waals surface area contributed by atoms with Crippen molar-refractivity contribution < 1.29 is 13.9 Å². The number of hydrogen-bond donors (Lipinski definition) is 1. The molecule has 0 aliphatic carbocycles. The molecule has 0 spiro atoms. The van der Waals surface area contributed by atoms with Crippen molar-refractivity contribution in [1.82, 2.24) is 9.97 Å². The minimum atomic E-state index is -0.158. The summed E-state index contributed by atoms with van der Waals surface area (Å²) in [5.74, 6) is 1.65. The zero-order valence-electron chi connectivity index (χ0n) is 17.0. The third-order valence-electron chi connectivity index (χ3n) is 4.64. The number of anilines is 1. The summed E-state index contributed by atoms with van der Waals surface area (Å²) in [4.78, 5) is 21.2. The molecule has 0 bridgehead atoms. The summed E-state index contributed by atoms with van der Waals surface area (Å²) < 4.78 is 11.2. The second kappa shape index (κ2) is 9.32. The molecule has 1 amide bonds. The normalized spacial score (nSPS) is 10.8. The summed E-state index contributed by atoms with van der Waals surface area (Å²) in [6.45, 7) is 2.01. The Morgan fingerprint density at radius 3 is 2.87 bits per heavy atom. The van der Waals surface area contributed by atoms with E-state index in [0.29, 0.717) is 28.2 Å². The molecular formula is C23H20ClN3O3S. The zero-order chi connectivity index (χ0) is 21.8. The summed E-state index contributed by atoms with van der Waals surface area (Å²) in [5.41, 5.74) is 3.54. The Morgan fingerprint density at radius 2 is 2.06 bits per heavy atom. The predicted molar refractivity (Wildman–Crippen MR) is 123 cm³/mol. The van der Waals surface area contributed by atoms with Crippen molar-refractivity contribution in [3.63, 3.8) is 0 Å². The molecule has 0 saturated heterocycles. The van der Waals surface area contributed by atoms with Crippen LogP contribution in [0.1, 0.15) is 17.9 Å². The van der Waals surface area contributed by atoms with Crippen LogP contribution in [0.5, 0.6) is 5.75 Å². The Morgan fingerprint density at radius 1 is 1.23 bits per heavy atom. The van der Waals surface area contributed by atoms with Gasteiger partial charge in [-0.2, -0.15) is 0 Å². The van der Waals surface area contributed by atoms with Crippen molar-refractivity contribution in [3.05, 3.63) is 70.5 Å². The number of halogens is 1. The van der Waals surface area contributed by atoms with Gasteiger partial charge in [-0.1, -0.05) is 35.4 Å². The molecule has 2 aromatic heterocycles. The third-order valence-corrected chi connectivity index (χ3v) is 5.73. The van der Waals surface area contributed by atoms with Crippen LogP contribution in [0.25, 0.3) is 22.6 Å². The Balaban J connectivity index is 1.37. The molecule has 0 radical (unpaired) electrons. The number of oxazole rings is 1. The van der Waals surface area contributed by atoms with Gasteiger partial charge in [0.1, 0.15) is 5.75 Å². The molecule has 2 heterocycles. The van der Waals surface area contributed by atoms with Gasteiger partial charge in [0.05, 0.1) is 24.0 Å². The number of thiazole rings is 1. The monoisotopic (exact) mass is 453 g/mol. The van der Waals surface area contributed by atoms with Crippen molar-refractivity contribution in [2.45, 2.75) is 19.8 Å². The Kier molecular flexibility index (Phi) is 6.34. The summed E-state index contributed by atoms with van der Waals surface area (Å²) in [5, 5.41) is 5.86. The first-order valence-corrected chi connectivity index (χ1v) is 10.9. The van der Waals surface area contributed by atoms with Crippen molar-refractivity contribution in [1.29, 1.82) is 0 Å². The van der Waals surface area contributed by atoms with Crippen molar-refractivity contribution in [2.24, 2.45) is 0 Å². The minimum absolute atomic E-state index is 0.158. The van der Waals surface area contributed by atoms with Gasteiger partial charge in [0.15, 0.2) is 16.8 Å². The first kappa shape index (κ1) is 21.1. The van der Waals surface area contributed by atoms with Gasteiger partial charge in [0.25, 0.3) is 0 Å². The topological polar surface area (TPSA) is 77.2 Å². The van der Waals surface area contributed by atoms with E-state index < -0.39 is 0 Å². The van der Waals surface area contributed by atoms with Gasteiger partial charge in [0.2, 0.25) is 5.91 Å². The number of methoxy groups -OCH3 is 1. The van der Waals surface area contributed by atoms with E-state index in [1.807, 2.05) is 48.7 Å². The fourth-order valence-electron chi connectivity index (χ4n) is 3.09. The molecule has 0 unspecified atom stereocenters. The Labute approximate surface area is 188 Å². The molecule has 0 saturated carbocycles. The molecule has 0 fully saturated rings. The zero-order valence-corrected chi connectivity index (χ0v) is 18.6. The summed E-state index contributed by atoms with van der Waals surface area (Å²) in [6.07, 6.45) is 2.22. The summed E-state index contributed by atoms with van der Waals surface area (Å²) in [7, 11) is 1.63. The average Bonchev–Trinajstić information content (AvgIpc) is 3.42. The van der Waals surface area contributed by atoms with E-state index in [1.54, 1.807) is 19.4 Å². The number of carbonyl (C=O) groups is 1. The molecule has 31 heavy (non-hydrogen) atoms. The fourth-order valence-corrected chi connectivity index (χ4v) is 4.05. The molecular weight excluding hydrogens is 434 g/mol. The SMILES string of the molecule is COc1ccc(C)cc1-c1csc(NC(=O)CCc2ncc(-c3ccccc3Cl)o2)n1. The van der Waals surface area contributed by atoms with Gasteiger partial charge in [-0.05, 0) is 31.2 Å². The van der Waals surface area contributed by atoms with Crippen LogP contribution in [0.15, 0.2) is 58.5 Å². The number of nitrogens with zero attached hydrogens (tertiary/aromatic N) is 2. The Hall–Kier alpha value is -3.16. The maximum absolute atomic E-state index is 12.4. The molecule has 0 aliphatic heterocycles. The largest absolute Gasteiger partial charge is 0.496 e. The molecule has 0 atom stereocenters. The van der Waals surface area contributed by atoms with Crippen molar-refractivity contribution in [2.75, 3.05) is 12.4 Å². The van der Waals surface area contributed by atoms with Gasteiger partial charge >= 0.3 is 0 Å². The van der Waals surface area contributed by atoms with Crippen LogP contribution in [-0.4, -0.2) is 23.0 Å². The number of carbonyl (C=O) groups excluding carboxylic acids is 1. The van der Waals surface area contributed by atoms with E-state index >= 15 is 0 Å². The van der Waals surface area contributed by atoms with E-state index in [0.717, 1.165) is 28.1 Å². The van der Waals surface area contributed by atoms with E-state index in [4.69, 9.17) is 20.8 Å². The number of hydrogen-bond acceptors (Lipinski definition) is 6. The lowest BCUT2D eigenvalue weighted by atomic mass is 10.1. The third kappa shape index (κ3) is 4.95. The number of nitrogens with one attached hydrogen (secondary N) is 1. The molecule has 8 heteroatoms. The first-order chi connectivity index (χ1) is 15.0. The van der Waals surface area contributed by atoms with E-state index in [2.05, 4.69) is 15.3 Å². The standard InChI is InChI=1S/C23H20ClN3O3S/c1-14-7-8-19(29-2)16(11-14)18-13-31-23(26-18)27-21(28)9-10-22-25-12-20(30-22)15-5-3-4-6-17(15)24/h3-8,11-13H,9-10H2,1-2H3,(H,26,27,28). The number of aryl methyl sites for hydroxylation is 2. The number of ether oxygens (including phenoxy) is 1. The van der Waals surface area contributed by atoms with Gasteiger partial charge < -0.3 is 14.5 Å². The van der Waals surface area contributed by atoms with Crippen LogP contribution in [0.3, 0.4) is 0 Å². The number of rotatable bonds is 7. The highest BCUT2D eigenvalue weighted by molar-refractivity contribution is 7.14. The maximum Gasteiger partial charge on any atom is 0.226 e. The fraction of sp³-hybridized carbons (Fsp3) is 0.174. The average molecular weight is 454 g/mol. The van der Waals surface area contributed by atoms with Crippen LogP contribution in [0, 0.1) is 6.92 Å². The van der Waals surface area contributed by atoms with Gasteiger partial charge in [-0.3, -0.25) is 4.79 Å². The molecule has 2 aromatic carbocycles. The smallest absolute Gasteiger partial charge is 0.226 e. The molecule has 1 N–H and O–H groups in total. The van der Waals surface area contributed by atoms with Gasteiger partial charge in [0, 0.05) is 29.3 Å². The molecule has 158 valence electrons. The highest BCUT2D eigenvalue weighted by Crippen LogP contribution is 2.33. The lowest BCUT2D eigenvalue weighted by molar-refractivity contribution is -0.116. The summed E-state index contributed by atoms with van der Waals surface area (Å²) >= 11 is 7.56. The molecule has 4 aromatic rings. The van der Waals surface area contributed by atoms with Crippen LogP contribution >= 0.6 is 22.9 Å². The van der Waals surface area contributed by atoms with Crippen molar-refractivity contribution >= 4 is 34.0 Å². The highest BCUT2D eigenvalue weighted by Gasteiger charge is 2.14. The van der Waals surface area contributed by atoms with E-state index in [-0.39, 0.29) is 12.3 Å². The quantitative estimate of drug-likeness (QED) is 0.371. The van der Waals surface area contributed by atoms with Crippen LogP contribution in [-0.2, 0) is 11.2 Å². The lowest BCUT2D eigenvalue weighted by Crippen LogP contribution is -2.12. The minimum Gasteiger partial charge on any atom is -0.496 e. The summed E-state index contributed by atoms with van der Waals surface area (Å²) in [6, 6.07) is 13.3. The first-order valence-electron chi connectivity index (χ1n) is 9.63. The van der Waals surface area contributed by atoms with Crippen LogP contribution in [0.4, 0.5) is 5.13 Å². The molecule has 6 nitrogen and oxygen atoms in total. The second-order valence-corrected chi connectivity index (χ2v) is 8.15. The highest BCUT2D eigenvalue weighted by atomic mass is 35.5. The van der Waals surface area contributed by atoms with Gasteiger partial charge in [-0.25, -0.2) is 9.97 Å². The molecule has 0 aliphatic rings. The van der Waals surface area contributed by atoms with Gasteiger partial charge in [-0.15, -0.1) is 11.3 Å². The number of benzene rings is 2. The van der Waals surface area contributed by atoms with E-state index in [9.17, 15) is 4.79 Å².